The molecule has 1 heterocycles. The second kappa shape index (κ2) is 4.42. The summed E-state index contributed by atoms with van der Waals surface area (Å²) in [5.74, 6) is 1.31. The molecule has 0 aromatic heterocycles. The van der Waals surface area contributed by atoms with Crippen molar-refractivity contribution in [3.8, 4) is 0 Å². The number of nitrogens with one attached hydrogen (secondary N) is 1. The summed E-state index contributed by atoms with van der Waals surface area (Å²) in [6.07, 6.45) is 6.86. The van der Waals surface area contributed by atoms with Crippen LogP contribution in [-0.2, 0) is 4.74 Å². The summed E-state index contributed by atoms with van der Waals surface area (Å²) < 4.78 is 5.50. The molecule has 3 heteroatoms. The summed E-state index contributed by atoms with van der Waals surface area (Å²) in [5.41, 5.74) is 0. The van der Waals surface area contributed by atoms with Gasteiger partial charge in [-0.3, -0.25) is 0 Å². The van der Waals surface area contributed by atoms with Gasteiger partial charge in [-0.05, 0) is 38.4 Å². The van der Waals surface area contributed by atoms with Crippen LogP contribution >= 0.6 is 11.8 Å². The van der Waals surface area contributed by atoms with E-state index in [1.165, 1.54) is 37.9 Å². The molecule has 82 valence electrons. The van der Waals surface area contributed by atoms with E-state index in [0.29, 0.717) is 17.0 Å². The van der Waals surface area contributed by atoms with Crippen molar-refractivity contribution in [1.29, 1.82) is 0 Å². The molecular weight excluding hydrogens is 194 g/mol. The standard InChI is InChI=1S/C11H21NOS/c1-9-5-7-14-11(12-9)6-3-4-10(8-11)13-2/h9-10,12H,3-8H2,1-2H3. The second-order valence-electron chi connectivity index (χ2n) is 4.63. The van der Waals surface area contributed by atoms with E-state index in [0.717, 1.165) is 0 Å². The molecule has 1 spiro atoms. The zero-order chi connectivity index (χ0) is 10.0. The van der Waals surface area contributed by atoms with Crippen LogP contribution < -0.4 is 5.32 Å². The Bertz CT molecular complexity index is 196. The van der Waals surface area contributed by atoms with Crippen LogP contribution in [0.25, 0.3) is 0 Å². The Balaban J connectivity index is 1.99. The van der Waals surface area contributed by atoms with E-state index in [4.69, 9.17) is 4.74 Å². The lowest BCUT2D eigenvalue weighted by Gasteiger charge is -2.45. The molecule has 0 amide bonds. The summed E-state index contributed by atoms with van der Waals surface area (Å²) in [6.45, 7) is 2.30. The van der Waals surface area contributed by atoms with E-state index in [9.17, 15) is 0 Å². The maximum absolute atomic E-state index is 5.50. The zero-order valence-corrected chi connectivity index (χ0v) is 10.0. The molecule has 2 nitrogen and oxygen atoms in total. The van der Waals surface area contributed by atoms with E-state index in [2.05, 4.69) is 24.0 Å². The van der Waals surface area contributed by atoms with E-state index in [-0.39, 0.29) is 0 Å². The number of ether oxygens (including phenoxy) is 1. The Hall–Kier alpha value is 0.270. The lowest BCUT2D eigenvalue weighted by Crippen LogP contribution is -2.54. The largest absolute Gasteiger partial charge is 0.381 e. The van der Waals surface area contributed by atoms with Gasteiger partial charge >= 0.3 is 0 Å². The average molecular weight is 215 g/mol. The quantitative estimate of drug-likeness (QED) is 0.725. The highest BCUT2D eigenvalue weighted by Crippen LogP contribution is 2.41. The van der Waals surface area contributed by atoms with E-state index in [1.54, 1.807) is 0 Å². The fraction of sp³-hybridized carbons (Fsp3) is 1.00. The van der Waals surface area contributed by atoms with Gasteiger partial charge in [-0.2, -0.15) is 0 Å². The lowest BCUT2D eigenvalue weighted by atomic mass is 9.91. The Morgan fingerprint density at radius 2 is 2.29 bits per heavy atom. The highest BCUT2D eigenvalue weighted by molar-refractivity contribution is 8.00. The van der Waals surface area contributed by atoms with Gasteiger partial charge in [0, 0.05) is 19.6 Å². The normalized spacial score (nSPS) is 44.1. The predicted molar refractivity (Wildman–Crippen MR) is 61.7 cm³/mol. The number of hydrogen-bond acceptors (Lipinski definition) is 3. The highest BCUT2D eigenvalue weighted by atomic mass is 32.2. The minimum atomic E-state index is 0.344. The minimum absolute atomic E-state index is 0.344. The Labute approximate surface area is 91.2 Å². The van der Waals surface area contributed by atoms with E-state index < -0.39 is 0 Å². The molecule has 3 unspecified atom stereocenters. The zero-order valence-electron chi connectivity index (χ0n) is 9.21. The maximum Gasteiger partial charge on any atom is 0.0672 e. The van der Waals surface area contributed by atoms with Crippen LogP contribution in [0, 0.1) is 0 Å². The topological polar surface area (TPSA) is 21.3 Å². The summed E-state index contributed by atoms with van der Waals surface area (Å²) >= 11 is 2.12. The lowest BCUT2D eigenvalue weighted by molar-refractivity contribution is 0.0495. The van der Waals surface area contributed by atoms with Crippen LogP contribution in [0.2, 0.25) is 0 Å². The molecule has 0 aromatic rings. The van der Waals surface area contributed by atoms with Crippen LogP contribution in [-0.4, -0.2) is 29.9 Å². The molecule has 3 atom stereocenters. The van der Waals surface area contributed by atoms with E-state index >= 15 is 0 Å². The van der Waals surface area contributed by atoms with E-state index in [1.807, 2.05) is 7.11 Å². The molecule has 1 saturated carbocycles. The van der Waals surface area contributed by atoms with Gasteiger partial charge in [0.25, 0.3) is 0 Å². The minimum Gasteiger partial charge on any atom is -0.381 e. The van der Waals surface area contributed by atoms with Crippen LogP contribution in [0.1, 0.15) is 39.0 Å². The number of methoxy groups -OCH3 is 1. The third-order valence-electron chi connectivity index (χ3n) is 3.44. The first-order chi connectivity index (χ1) is 6.74. The molecule has 1 aliphatic carbocycles. The Kier molecular flexibility index (Phi) is 3.40. The third kappa shape index (κ3) is 2.26. The first-order valence-electron chi connectivity index (χ1n) is 5.68. The van der Waals surface area contributed by atoms with Gasteiger partial charge in [-0.1, -0.05) is 0 Å². The predicted octanol–water partition coefficient (Wildman–Crippen LogP) is 2.39. The first-order valence-corrected chi connectivity index (χ1v) is 6.67. The van der Waals surface area contributed by atoms with Crippen LogP contribution in [0.15, 0.2) is 0 Å². The van der Waals surface area contributed by atoms with Crippen molar-refractivity contribution >= 4 is 11.8 Å². The number of rotatable bonds is 1. The van der Waals surface area contributed by atoms with Gasteiger partial charge in [0.05, 0.1) is 11.0 Å². The van der Waals surface area contributed by atoms with Gasteiger partial charge in [0.2, 0.25) is 0 Å². The van der Waals surface area contributed by atoms with Crippen molar-refractivity contribution in [2.24, 2.45) is 0 Å². The monoisotopic (exact) mass is 215 g/mol. The van der Waals surface area contributed by atoms with Crippen molar-refractivity contribution in [3.05, 3.63) is 0 Å². The highest BCUT2D eigenvalue weighted by Gasteiger charge is 2.39. The van der Waals surface area contributed by atoms with Crippen LogP contribution in [0.3, 0.4) is 0 Å². The number of thioether (sulfide) groups is 1. The van der Waals surface area contributed by atoms with Crippen molar-refractivity contribution < 1.29 is 4.74 Å². The molecular formula is C11H21NOS. The van der Waals surface area contributed by atoms with Gasteiger partial charge in [0.1, 0.15) is 0 Å². The van der Waals surface area contributed by atoms with Crippen molar-refractivity contribution in [3.63, 3.8) is 0 Å². The summed E-state index contributed by atoms with van der Waals surface area (Å²) in [6, 6.07) is 0.687. The fourth-order valence-electron chi connectivity index (χ4n) is 2.64. The third-order valence-corrected chi connectivity index (χ3v) is 4.92. The second-order valence-corrected chi connectivity index (χ2v) is 6.11. The molecule has 1 N–H and O–H groups in total. The smallest absolute Gasteiger partial charge is 0.0672 e. The maximum atomic E-state index is 5.50. The van der Waals surface area contributed by atoms with Crippen molar-refractivity contribution in [2.45, 2.75) is 56.0 Å². The Morgan fingerprint density at radius 3 is 3.00 bits per heavy atom. The molecule has 2 fully saturated rings. The van der Waals surface area contributed by atoms with Crippen molar-refractivity contribution in [1.82, 2.24) is 5.32 Å². The molecule has 14 heavy (non-hydrogen) atoms. The van der Waals surface area contributed by atoms with Gasteiger partial charge in [-0.15, -0.1) is 11.8 Å². The fourth-order valence-corrected chi connectivity index (χ4v) is 4.38. The van der Waals surface area contributed by atoms with Gasteiger partial charge < -0.3 is 10.1 Å². The summed E-state index contributed by atoms with van der Waals surface area (Å²) in [7, 11) is 1.85. The van der Waals surface area contributed by atoms with Gasteiger partial charge in [0.15, 0.2) is 0 Å². The molecule has 2 rings (SSSR count). The molecule has 0 bridgehead atoms. The molecule has 1 saturated heterocycles. The summed E-state index contributed by atoms with van der Waals surface area (Å²) in [5, 5.41) is 3.78. The van der Waals surface area contributed by atoms with Crippen LogP contribution in [0.4, 0.5) is 0 Å². The van der Waals surface area contributed by atoms with Crippen LogP contribution in [0.5, 0.6) is 0 Å². The summed E-state index contributed by atoms with van der Waals surface area (Å²) in [4.78, 5) is 0.344. The average Bonchev–Trinajstić information content (AvgIpc) is 2.17. The molecule has 2 aliphatic rings. The molecule has 0 aromatic carbocycles. The number of hydrogen-bond donors (Lipinski definition) is 1. The first kappa shape index (κ1) is 10.8. The SMILES string of the molecule is COC1CCCC2(C1)NC(C)CCS2. The van der Waals surface area contributed by atoms with Crippen molar-refractivity contribution in [2.75, 3.05) is 12.9 Å². The molecule has 0 radical (unpaired) electrons. The van der Waals surface area contributed by atoms with Gasteiger partial charge in [-0.25, -0.2) is 0 Å². The Morgan fingerprint density at radius 1 is 1.43 bits per heavy atom. The molecule has 1 aliphatic heterocycles.